The Morgan fingerprint density at radius 3 is 2.83 bits per heavy atom. The molecule has 1 fully saturated rings. The second-order valence-electron chi connectivity index (χ2n) is 9.26. The molecule has 3 aromatic carbocycles. The van der Waals surface area contributed by atoms with Gasteiger partial charge in [-0.05, 0) is 68.3 Å². The maximum Gasteiger partial charge on any atom is 0.248 e. The number of nitrogens with zero attached hydrogens (tertiary/aromatic N) is 2. The Bertz CT molecular complexity index is 1540. The quantitative estimate of drug-likeness (QED) is 0.193. The summed E-state index contributed by atoms with van der Waals surface area (Å²) in [6, 6.07) is 15.3. The fourth-order valence-electron chi connectivity index (χ4n) is 4.43. The highest BCUT2D eigenvalue weighted by Gasteiger charge is 2.15. The van der Waals surface area contributed by atoms with Gasteiger partial charge in [-0.2, -0.15) is 0 Å². The SMILES string of the molecule is CCOc1cc2ncnc(Nc3ccc(OCc4cccc(F)c4)c(Cl)c3)c2cc1NC(=O)C=CC1CCCN1. The highest BCUT2D eigenvalue weighted by atomic mass is 35.5. The summed E-state index contributed by atoms with van der Waals surface area (Å²) in [5, 5.41) is 10.6. The van der Waals surface area contributed by atoms with Gasteiger partial charge in [0.2, 0.25) is 5.91 Å². The monoisotopic (exact) mass is 561 g/mol. The van der Waals surface area contributed by atoms with Crippen molar-refractivity contribution >= 4 is 45.6 Å². The summed E-state index contributed by atoms with van der Waals surface area (Å²) >= 11 is 6.48. The minimum absolute atomic E-state index is 0.184. The van der Waals surface area contributed by atoms with Crippen molar-refractivity contribution in [1.29, 1.82) is 0 Å². The maximum absolute atomic E-state index is 13.5. The summed E-state index contributed by atoms with van der Waals surface area (Å²) in [5.41, 5.74) is 2.53. The molecule has 2 heterocycles. The Hall–Kier alpha value is -4.21. The van der Waals surface area contributed by atoms with Crippen LogP contribution in [-0.2, 0) is 11.4 Å². The van der Waals surface area contributed by atoms with Crippen molar-refractivity contribution in [2.75, 3.05) is 23.8 Å². The molecule has 1 amide bonds. The van der Waals surface area contributed by atoms with E-state index in [4.69, 9.17) is 21.1 Å². The Balaban J connectivity index is 1.35. The summed E-state index contributed by atoms with van der Waals surface area (Å²) in [5.74, 6) is 0.942. The highest BCUT2D eigenvalue weighted by Crippen LogP contribution is 2.35. The van der Waals surface area contributed by atoms with Gasteiger partial charge in [-0.15, -0.1) is 0 Å². The topological polar surface area (TPSA) is 97.4 Å². The van der Waals surface area contributed by atoms with Crippen LogP contribution in [0.25, 0.3) is 10.9 Å². The number of fused-ring (bicyclic) bond motifs is 1. The van der Waals surface area contributed by atoms with Crippen LogP contribution < -0.4 is 25.4 Å². The fourth-order valence-corrected chi connectivity index (χ4v) is 4.67. The number of amides is 1. The van der Waals surface area contributed by atoms with Crippen molar-refractivity contribution in [1.82, 2.24) is 15.3 Å². The molecule has 1 aliphatic rings. The number of anilines is 3. The van der Waals surface area contributed by atoms with Gasteiger partial charge in [-0.3, -0.25) is 4.79 Å². The molecule has 0 bridgehead atoms. The molecular weight excluding hydrogens is 533 g/mol. The lowest BCUT2D eigenvalue weighted by Gasteiger charge is -2.15. The number of nitrogens with one attached hydrogen (secondary N) is 3. The van der Waals surface area contributed by atoms with E-state index < -0.39 is 0 Å². The summed E-state index contributed by atoms with van der Waals surface area (Å²) < 4.78 is 25.0. The van der Waals surface area contributed by atoms with Gasteiger partial charge in [0.1, 0.15) is 36.1 Å². The normalized spacial score (nSPS) is 14.9. The first-order valence-corrected chi connectivity index (χ1v) is 13.4. The maximum atomic E-state index is 13.5. The average Bonchev–Trinajstić information content (AvgIpc) is 3.46. The summed E-state index contributed by atoms with van der Waals surface area (Å²) in [6.45, 7) is 3.45. The van der Waals surface area contributed by atoms with E-state index in [0.717, 1.165) is 19.4 Å². The number of aromatic nitrogens is 2. The van der Waals surface area contributed by atoms with Crippen molar-refractivity contribution < 1.29 is 18.7 Å². The molecule has 0 saturated carbocycles. The highest BCUT2D eigenvalue weighted by molar-refractivity contribution is 6.32. The molecule has 0 radical (unpaired) electrons. The zero-order valence-electron chi connectivity index (χ0n) is 21.9. The van der Waals surface area contributed by atoms with Crippen molar-refractivity contribution in [3.63, 3.8) is 0 Å². The van der Waals surface area contributed by atoms with Crippen molar-refractivity contribution in [3.05, 3.63) is 89.5 Å². The van der Waals surface area contributed by atoms with Gasteiger partial charge < -0.3 is 25.4 Å². The third-order valence-corrected chi connectivity index (χ3v) is 6.65. The van der Waals surface area contributed by atoms with Crippen molar-refractivity contribution in [2.45, 2.75) is 32.4 Å². The van der Waals surface area contributed by atoms with Crippen LogP contribution in [0.15, 0.2) is 73.1 Å². The number of carbonyl (C=O) groups excluding carboxylic acids is 1. The van der Waals surface area contributed by atoms with Gasteiger partial charge in [0.05, 0.1) is 22.8 Å². The van der Waals surface area contributed by atoms with E-state index in [1.54, 1.807) is 48.5 Å². The summed E-state index contributed by atoms with van der Waals surface area (Å²) in [7, 11) is 0. The van der Waals surface area contributed by atoms with Gasteiger partial charge in [0.15, 0.2) is 0 Å². The van der Waals surface area contributed by atoms with Crippen LogP contribution in [-0.4, -0.2) is 35.1 Å². The fraction of sp³-hybridized carbons (Fsp3) is 0.233. The van der Waals surface area contributed by atoms with Crippen LogP contribution in [0.2, 0.25) is 5.02 Å². The van der Waals surface area contributed by atoms with Gasteiger partial charge in [-0.25, -0.2) is 14.4 Å². The van der Waals surface area contributed by atoms with Crippen LogP contribution in [0.3, 0.4) is 0 Å². The first kappa shape index (κ1) is 27.4. The lowest BCUT2D eigenvalue weighted by Crippen LogP contribution is -2.19. The van der Waals surface area contributed by atoms with Gasteiger partial charge in [-0.1, -0.05) is 29.8 Å². The van der Waals surface area contributed by atoms with Crippen LogP contribution >= 0.6 is 11.6 Å². The van der Waals surface area contributed by atoms with E-state index in [9.17, 15) is 9.18 Å². The van der Waals surface area contributed by atoms with E-state index in [-0.39, 0.29) is 24.4 Å². The molecule has 8 nitrogen and oxygen atoms in total. The van der Waals surface area contributed by atoms with Crippen LogP contribution in [0.4, 0.5) is 21.6 Å². The minimum Gasteiger partial charge on any atom is -0.492 e. The van der Waals surface area contributed by atoms with Crippen LogP contribution in [0, 0.1) is 5.82 Å². The molecule has 1 aromatic heterocycles. The van der Waals surface area contributed by atoms with Gasteiger partial charge in [0.25, 0.3) is 0 Å². The predicted octanol–water partition coefficient (Wildman–Crippen LogP) is 6.39. The smallest absolute Gasteiger partial charge is 0.248 e. The Morgan fingerprint density at radius 2 is 2.05 bits per heavy atom. The van der Waals surface area contributed by atoms with Gasteiger partial charge in [0, 0.05) is 29.3 Å². The second-order valence-corrected chi connectivity index (χ2v) is 9.67. The van der Waals surface area contributed by atoms with Crippen LogP contribution in [0.5, 0.6) is 11.5 Å². The van der Waals surface area contributed by atoms with E-state index in [2.05, 4.69) is 25.9 Å². The number of rotatable bonds is 10. The van der Waals surface area contributed by atoms with E-state index in [1.807, 2.05) is 13.0 Å². The predicted molar refractivity (Wildman–Crippen MR) is 155 cm³/mol. The molecule has 4 aromatic rings. The lowest BCUT2D eigenvalue weighted by molar-refractivity contribution is -0.111. The molecule has 0 spiro atoms. The molecular formula is C30H29ClFN5O3. The molecule has 3 N–H and O–H groups in total. The van der Waals surface area contributed by atoms with Crippen LogP contribution in [0.1, 0.15) is 25.3 Å². The second kappa shape index (κ2) is 12.8. The minimum atomic E-state index is -0.322. The number of hydrogen-bond donors (Lipinski definition) is 3. The van der Waals surface area contributed by atoms with E-state index >= 15 is 0 Å². The third kappa shape index (κ3) is 6.86. The molecule has 40 heavy (non-hydrogen) atoms. The van der Waals surface area contributed by atoms with Crippen molar-refractivity contribution in [3.8, 4) is 11.5 Å². The Labute approximate surface area is 236 Å². The molecule has 5 rings (SSSR count). The standard InChI is InChI=1S/C30H29ClFN5O3/c1-2-39-28-16-25-23(15-26(28)37-29(38)11-9-21-7-4-12-33-21)30(35-18-34-25)36-22-8-10-27(24(31)14-22)40-17-19-5-3-6-20(32)13-19/h3,5-6,8-11,13-16,18,21,33H,2,4,7,12,17H2,1H3,(H,37,38)(H,34,35,36). The number of hydrogen-bond acceptors (Lipinski definition) is 7. The number of halogens is 2. The molecule has 1 aliphatic heterocycles. The number of ether oxygens (including phenoxy) is 2. The number of carbonyl (C=O) groups is 1. The molecule has 1 atom stereocenters. The number of benzene rings is 3. The molecule has 1 saturated heterocycles. The summed E-state index contributed by atoms with van der Waals surface area (Å²) in [4.78, 5) is 21.5. The largest absolute Gasteiger partial charge is 0.492 e. The van der Waals surface area contributed by atoms with E-state index in [0.29, 0.717) is 56.8 Å². The Morgan fingerprint density at radius 1 is 1.15 bits per heavy atom. The molecule has 0 aliphatic carbocycles. The summed E-state index contributed by atoms with van der Waals surface area (Å²) in [6.07, 6.45) is 6.99. The third-order valence-electron chi connectivity index (χ3n) is 6.35. The van der Waals surface area contributed by atoms with E-state index in [1.165, 1.54) is 18.5 Å². The zero-order chi connectivity index (χ0) is 27.9. The molecule has 1 unspecified atom stereocenters. The first-order chi connectivity index (χ1) is 19.5. The average molecular weight is 562 g/mol. The lowest BCUT2D eigenvalue weighted by atomic mass is 10.1. The zero-order valence-corrected chi connectivity index (χ0v) is 22.7. The van der Waals surface area contributed by atoms with Gasteiger partial charge >= 0.3 is 0 Å². The van der Waals surface area contributed by atoms with Crippen molar-refractivity contribution in [2.24, 2.45) is 0 Å². The Kier molecular flexibility index (Phi) is 8.73. The first-order valence-electron chi connectivity index (χ1n) is 13.1. The molecule has 206 valence electrons. The molecule has 10 heteroatoms.